The Morgan fingerprint density at radius 2 is 2.19 bits per heavy atom. The summed E-state index contributed by atoms with van der Waals surface area (Å²) >= 11 is 2.82. The van der Waals surface area contributed by atoms with Crippen molar-refractivity contribution in [3.63, 3.8) is 0 Å². The van der Waals surface area contributed by atoms with Crippen LogP contribution in [-0.2, 0) is 6.54 Å². The Labute approximate surface area is 97.0 Å². The highest BCUT2D eigenvalue weighted by atomic mass is 79.9. The van der Waals surface area contributed by atoms with Gasteiger partial charge >= 0.3 is 6.36 Å². The van der Waals surface area contributed by atoms with Gasteiger partial charge in [-0.3, -0.25) is 0 Å². The van der Waals surface area contributed by atoms with E-state index in [0.29, 0.717) is 5.56 Å². The van der Waals surface area contributed by atoms with E-state index < -0.39 is 12.2 Å². The van der Waals surface area contributed by atoms with Gasteiger partial charge in [0.1, 0.15) is 6.07 Å². The van der Waals surface area contributed by atoms with Crippen LogP contribution in [0.2, 0.25) is 0 Å². The molecule has 2 N–H and O–H groups in total. The van der Waals surface area contributed by atoms with Crippen LogP contribution in [0, 0.1) is 11.3 Å². The first-order valence-corrected chi connectivity index (χ1v) is 4.71. The van der Waals surface area contributed by atoms with E-state index in [-0.39, 0.29) is 16.6 Å². The maximum atomic E-state index is 11.9. The third-order valence-electron chi connectivity index (χ3n) is 1.61. The first-order chi connectivity index (χ1) is 7.39. The second kappa shape index (κ2) is 4.67. The van der Waals surface area contributed by atoms with Gasteiger partial charge < -0.3 is 10.5 Å². The lowest BCUT2D eigenvalue weighted by Crippen LogP contribution is -2.19. The standard InChI is InChI=1S/C8H5BrF3N3O/c9-6-5(2-14)4(1-13)3-15-7(6)16-8(10,11)12/h3H,1,13H2. The molecular weight excluding hydrogens is 291 g/mol. The minimum Gasteiger partial charge on any atom is -0.387 e. The minimum atomic E-state index is -4.85. The monoisotopic (exact) mass is 295 g/mol. The molecule has 1 rings (SSSR count). The van der Waals surface area contributed by atoms with E-state index in [2.05, 4.69) is 25.7 Å². The van der Waals surface area contributed by atoms with Gasteiger partial charge in [0.25, 0.3) is 0 Å². The molecule has 0 aliphatic carbocycles. The van der Waals surface area contributed by atoms with Gasteiger partial charge in [0.15, 0.2) is 0 Å². The highest BCUT2D eigenvalue weighted by Crippen LogP contribution is 2.32. The summed E-state index contributed by atoms with van der Waals surface area (Å²) in [5, 5.41) is 8.75. The molecule has 0 aromatic carbocycles. The Morgan fingerprint density at radius 1 is 1.56 bits per heavy atom. The summed E-state index contributed by atoms with van der Waals surface area (Å²) < 4.78 is 39.3. The molecule has 0 fully saturated rings. The van der Waals surface area contributed by atoms with Gasteiger partial charge in [0, 0.05) is 18.3 Å². The van der Waals surface area contributed by atoms with Gasteiger partial charge in [-0.25, -0.2) is 4.98 Å². The van der Waals surface area contributed by atoms with Crippen LogP contribution in [0.15, 0.2) is 10.7 Å². The highest BCUT2D eigenvalue weighted by Gasteiger charge is 2.33. The molecule has 0 aliphatic heterocycles. The first kappa shape index (κ1) is 12.7. The van der Waals surface area contributed by atoms with Crippen LogP contribution < -0.4 is 10.5 Å². The van der Waals surface area contributed by atoms with Crippen LogP contribution in [0.3, 0.4) is 0 Å². The molecule has 1 heterocycles. The molecule has 86 valence electrons. The summed E-state index contributed by atoms with van der Waals surface area (Å²) in [6.45, 7) is 0.000785. The summed E-state index contributed by atoms with van der Waals surface area (Å²) in [5.74, 6) is -0.707. The SMILES string of the molecule is N#Cc1c(CN)cnc(OC(F)(F)F)c1Br. The number of hydrogen-bond donors (Lipinski definition) is 1. The fourth-order valence-corrected chi connectivity index (χ4v) is 1.49. The van der Waals surface area contributed by atoms with Crippen molar-refractivity contribution in [3.8, 4) is 11.9 Å². The molecule has 4 nitrogen and oxygen atoms in total. The topological polar surface area (TPSA) is 71.9 Å². The Hall–Kier alpha value is -1.33. The molecule has 0 atom stereocenters. The number of halogens is 4. The molecular formula is C8H5BrF3N3O. The predicted octanol–water partition coefficient (Wildman–Crippen LogP) is 2.07. The van der Waals surface area contributed by atoms with Gasteiger partial charge in [-0.05, 0) is 15.9 Å². The van der Waals surface area contributed by atoms with E-state index in [1.54, 1.807) is 6.07 Å². The van der Waals surface area contributed by atoms with Crippen molar-refractivity contribution in [3.05, 3.63) is 21.8 Å². The smallest absolute Gasteiger partial charge is 0.387 e. The maximum Gasteiger partial charge on any atom is 0.574 e. The van der Waals surface area contributed by atoms with Gasteiger partial charge in [0.2, 0.25) is 5.88 Å². The number of aromatic nitrogens is 1. The normalized spacial score (nSPS) is 11.0. The molecule has 1 aromatic rings. The molecule has 0 saturated carbocycles. The van der Waals surface area contributed by atoms with Crippen LogP contribution in [0.25, 0.3) is 0 Å². The van der Waals surface area contributed by atoms with Crippen molar-refractivity contribution in [2.75, 3.05) is 0 Å². The lowest BCUT2D eigenvalue weighted by atomic mass is 10.1. The average molecular weight is 296 g/mol. The van der Waals surface area contributed by atoms with Crippen LogP contribution in [0.4, 0.5) is 13.2 Å². The van der Waals surface area contributed by atoms with Gasteiger partial charge in [-0.15, -0.1) is 13.2 Å². The number of nitrogens with zero attached hydrogens (tertiary/aromatic N) is 2. The first-order valence-electron chi connectivity index (χ1n) is 3.92. The molecule has 0 amide bonds. The fourth-order valence-electron chi connectivity index (χ4n) is 0.962. The Bertz CT molecular complexity index is 441. The lowest BCUT2D eigenvalue weighted by molar-refractivity contribution is -0.276. The predicted molar refractivity (Wildman–Crippen MR) is 51.2 cm³/mol. The Kier molecular flexibility index (Phi) is 3.72. The van der Waals surface area contributed by atoms with Crippen molar-refractivity contribution >= 4 is 15.9 Å². The fraction of sp³-hybridized carbons (Fsp3) is 0.250. The number of nitrogens with two attached hydrogens (primary N) is 1. The largest absolute Gasteiger partial charge is 0.574 e. The molecule has 8 heteroatoms. The van der Waals surface area contributed by atoms with E-state index in [4.69, 9.17) is 11.0 Å². The zero-order valence-electron chi connectivity index (χ0n) is 7.68. The van der Waals surface area contributed by atoms with Gasteiger partial charge in [-0.1, -0.05) is 0 Å². The van der Waals surface area contributed by atoms with Crippen molar-refractivity contribution in [1.29, 1.82) is 5.26 Å². The van der Waals surface area contributed by atoms with Crippen molar-refractivity contribution in [1.82, 2.24) is 4.98 Å². The summed E-state index contributed by atoms with van der Waals surface area (Å²) in [4.78, 5) is 3.42. The molecule has 0 radical (unpaired) electrons. The highest BCUT2D eigenvalue weighted by molar-refractivity contribution is 9.10. The van der Waals surface area contributed by atoms with Crippen molar-refractivity contribution in [2.24, 2.45) is 5.73 Å². The number of nitriles is 1. The van der Waals surface area contributed by atoms with Crippen molar-refractivity contribution < 1.29 is 17.9 Å². The number of ether oxygens (including phenoxy) is 1. The Balaban J connectivity index is 3.21. The van der Waals surface area contributed by atoms with E-state index in [0.717, 1.165) is 6.20 Å². The zero-order valence-corrected chi connectivity index (χ0v) is 9.26. The average Bonchev–Trinajstić information content (AvgIpc) is 2.19. The van der Waals surface area contributed by atoms with Crippen LogP contribution in [0.1, 0.15) is 11.1 Å². The van der Waals surface area contributed by atoms with E-state index in [9.17, 15) is 13.2 Å². The van der Waals surface area contributed by atoms with Crippen LogP contribution >= 0.6 is 15.9 Å². The zero-order chi connectivity index (χ0) is 12.3. The quantitative estimate of drug-likeness (QED) is 0.907. The maximum absolute atomic E-state index is 11.9. The van der Waals surface area contributed by atoms with E-state index in [1.807, 2.05) is 0 Å². The molecule has 0 saturated heterocycles. The second-order valence-corrected chi connectivity index (χ2v) is 3.43. The number of alkyl halides is 3. The molecule has 16 heavy (non-hydrogen) atoms. The van der Waals surface area contributed by atoms with Crippen molar-refractivity contribution in [2.45, 2.75) is 12.9 Å². The van der Waals surface area contributed by atoms with Crippen LogP contribution in [-0.4, -0.2) is 11.3 Å². The summed E-state index contributed by atoms with van der Waals surface area (Å²) in [6.07, 6.45) is -3.78. The summed E-state index contributed by atoms with van der Waals surface area (Å²) in [6, 6.07) is 1.73. The Morgan fingerprint density at radius 3 is 2.62 bits per heavy atom. The molecule has 0 bridgehead atoms. The van der Waals surface area contributed by atoms with Crippen LogP contribution in [0.5, 0.6) is 5.88 Å². The second-order valence-electron chi connectivity index (χ2n) is 2.64. The van der Waals surface area contributed by atoms with Gasteiger partial charge in [0.05, 0.1) is 10.0 Å². The summed E-state index contributed by atoms with van der Waals surface area (Å²) in [5.41, 5.74) is 5.62. The number of rotatable bonds is 2. The number of pyridine rings is 1. The summed E-state index contributed by atoms with van der Waals surface area (Å²) in [7, 11) is 0. The third kappa shape index (κ3) is 2.84. The third-order valence-corrected chi connectivity index (χ3v) is 2.35. The molecule has 0 aliphatic rings. The number of hydrogen-bond acceptors (Lipinski definition) is 4. The molecule has 0 spiro atoms. The van der Waals surface area contributed by atoms with E-state index >= 15 is 0 Å². The minimum absolute atomic E-state index is 0.000785. The van der Waals surface area contributed by atoms with E-state index in [1.165, 1.54) is 0 Å². The molecule has 0 unspecified atom stereocenters. The lowest BCUT2D eigenvalue weighted by Gasteiger charge is -2.11. The molecule has 1 aromatic heterocycles. The van der Waals surface area contributed by atoms with Gasteiger partial charge in [-0.2, -0.15) is 5.26 Å².